The molecule has 2 aromatic carbocycles. The molecule has 1 aromatic heterocycles. The molecule has 0 N–H and O–H groups in total. The molecule has 1 atom stereocenters. The summed E-state index contributed by atoms with van der Waals surface area (Å²) in [6.45, 7) is 4.34. The van der Waals surface area contributed by atoms with E-state index in [2.05, 4.69) is 25.3 Å². The molecule has 186 valence electrons. The van der Waals surface area contributed by atoms with E-state index in [9.17, 15) is 4.39 Å². The fourth-order valence-corrected chi connectivity index (χ4v) is 5.46. The van der Waals surface area contributed by atoms with Gasteiger partial charge in [-0.15, -0.1) is 5.10 Å². The molecule has 1 saturated carbocycles. The Bertz CT molecular complexity index is 1110. The van der Waals surface area contributed by atoms with E-state index in [1.807, 2.05) is 22.9 Å². The number of aromatic nitrogens is 4. The zero-order valence-corrected chi connectivity index (χ0v) is 20.4. The summed E-state index contributed by atoms with van der Waals surface area (Å²) < 4.78 is 26.5. The van der Waals surface area contributed by atoms with Crippen molar-refractivity contribution in [1.29, 1.82) is 0 Å². The van der Waals surface area contributed by atoms with Gasteiger partial charge in [0.05, 0.1) is 20.8 Å². The van der Waals surface area contributed by atoms with Crippen molar-refractivity contribution in [3.05, 3.63) is 65.2 Å². The maximum atomic E-state index is 13.4. The summed E-state index contributed by atoms with van der Waals surface area (Å²) in [7, 11) is 3.33. The van der Waals surface area contributed by atoms with E-state index in [1.165, 1.54) is 37.8 Å². The topological polar surface area (TPSA) is 68.5 Å². The van der Waals surface area contributed by atoms with Gasteiger partial charge in [0.15, 0.2) is 5.82 Å². The van der Waals surface area contributed by atoms with Crippen LogP contribution in [0.25, 0.3) is 0 Å². The highest BCUT2D eigenvalue weighted by atomic mass is 19.1. The quantitative estimate of drug-likeness (QED) is 0.489. The van der Waals surface area contributed by atoms with Gasteiger partial charge in [0.1, 0.15) is 23.4 Å². The Labute approximate surface area is 205 Å². The molecule has 2 aliphatic rings. The van der Waals surface area contributed by atoms with Crippen molar-refractivity contribution in [2.75, 3.05) is 40.4 Å². The first-order valence-electron chi connectivity index (χ1n) is 12.4. The van der Waals surface area contributed by atoms with Crippen molar-refractivity contribution in [2.45, 2.75) is 44.3 Å². The first-order chi connectivity index (χ1) is 17.2. The van der Waals surface area contributed by atoms with Gasteiger partial charge in [-0.3, -0.25) is 9.80 Å². The van der Waals surface area contributed by atoms with Crippen molar-refractivity contribution in [3.8, 4) is 11.5 Å². The minimum atomic E-state index is -0.258. The average Bonchev–Trinajstić information content (AvgIpc) is 3.59. The summed E-state index contributed by atoms with van der Waals surface area (Å²) in [5.74, 6) is 1.96. The maximum absolute atomic E-state index is 13.4. The van der Waals surface area contributed by atoms with Gasteiger partial charge in [0, 0.05) is 43.9 Å². The van der Waals surface area contributed by atoms with Gasteiger partial charge >= 0.3 is 0 Å². The summed E-state index contributed by atoms with van der Waals surface area (Å²) in [4.78, 5) is 5.09. The first kappa shape index (κ1) is 23.7. The van der Waals surface area contributed by atoms with E-state index in [1.54, 1.807) is 26.4 Å². The van der Waals surface area contributed by atoms with Crippen LogP contribution in [0.15, 0.2) is 42.5 Å². The Balaban J connectivity index is 1.47. The molecular formula is C26H33FN6O2. The molecule has 1 aliphatic heterocycles. The lowest BCUT2D eigenvalue weighted by molar-refractivity contribution is 0.0764. The SMILES string of the molecule is COc1ccc([C@H](c2nnnn2Cc2ccc(F)cc2)N2CCN(C3CCCC3)CC2)c(OC)c1. The number of hydrogen-bond donors (Lipinski definition) is 0. The largest absolute Gasteiger partial charge is 0.497 e. The number of rotatable bonds is 8. The lowest BCUT2D eigenvalue weighted by Gasteiger charge is -2.41. The van der Waals surface area contributed by atoms with E-state index in [-0.39, 0.29) is 11.9 Å². The average molecular weight is 481 g/mol. The van der Waals surface area contributed by atoms with Gasteiger partial charge in [0.2, 0.25) is 0 Å². The maximum Gasteiger partial charge on any atom is 0.173 e. The van der Waals surface area contributed by atoms with Crippen LogP contribution in [0, 0.1) is 5.82 Å². The summed E-state index contributed by atoms with van der Waals surface area (Å²) in [6, 6.07) is 12.9. The number of piperazine rings is 1. The molecule has 5 rings (SSSR count). The van der Waals surface area contributed by atoms with Gasteiger partial charge < -0.3 is 9.47 Å². The predicted octanol–water partition coefficient (Wildman–Crippen LogP) is 3.53. The fraction of sp³-hybridized carbons (Fsp3) is 0.500. The van der Waals surface area contributed by atoms with Crippen molar-refractivity contribution >= 4 is 0 Å². The smallest absolute Gasteiger partial charge is 0.173 e. The summed E-state index contributed by atoms with van der Waals surface area (Å²) in [6.07, 6.45) is 5.31. The standard InChI is InChI=1S/C26H33FN6O2/c1-34-22-11-12-23(24(17-22)35-2)25(32-15-13-31(14-16-32)21-5-3-4-6-21)26-28-29-30-33(26)18-19-7-9-20(27)10-8-19/h7-12,17,21,25H,3-6,13-16,18H2,1-2H3/t25-/m1/s1. The first-order valence-corrected chi connectivity index (χ1v) is 12.4. The van der Waals surface area contributed by atoms with Crippen LogP contribution in [-0.2, 0) is 6.54 Å². The molecule has 9 heteroatoms. The molecule has 0 bridgehead atoms. The molecule has 2 heterocycles. The number of tetrazole rings is 1. The molecule has 3 aromatic rings. The molecule has 0 amide bonds. The van der Waals surface area contributed by atoms with E-state index in [0.29, 0.717) is 6.54 Å². The minimum Gasteiger partial charge on any atom is -0.497 e. The highest BCUT2D eigenvalue weighted by Gasteiger charge is 2.34. The van der Waals surface area contributed by atoms with Crippen molar-refractivity contribution in [3.63, 3.8) is 0 Å². The zero-order valence-electron chi connectivity index (χ0n) is 20.4. The molecule has 0 radical (unpaired) electrons. The third-order valence-corrected chi connectivity index (χ3v) is 7.34. The Morgan fingerprint density at radius 1 is 0.971 bits per heavy atom. The van der Waals surface area contributed by atoms with Crippen LogP contribution in [0.3, 0.4) is 0 Å². The fourth-order valence-electron chi connectivity index (χ4n) is 5.46. The van der Waals surface area contributed by atoms with Crippen LogP contribution in [-0.4, -0.2) is 76.4 Å². The van der Waals surface area contributed by atoms with Crippen LogP contribution in [0.5, 0.6) is 11.5 Å². The zero-order chi connectivity index (χ0) is 24.2. The second-order valence-corrected chi connectivity index (χ2v) is 9.34. The number of ether oxygens (including phenoxy) is 2. The Hall–Kier alpha value is -3.04. The molecule has 1 saturated heterocycles. The number of methoxy groups -OCH3 is 2. The predicted molar refractivity (Wildman–Crippen MR) is 130 cm³/mol. The Morgan fingerprint density at radius 3 is 2.40 bits per heavy atom. The lowest BCUT2D eigenvalue weighted by Crippen LogP contribution is -2.51. The van der Waals surface area contributed by atoms with Gasteiger partial charge in [-0.25, -0.2) is 9.07 Å². The molecule has 2 fully saturated rings. The third kappa shape index (κ3) is 5.16. The van der Waals surface area contributed by atoms with Crippen LogP contribution in [0.2, 0.25) is 0 Å². The monoisotopic (exact) mass is 480 g/mol. The molecule has 8 nitrogen and oxygen atoms in total. The van der Waals surface area contributed by atoms with Crippen LogP contribution >= 0.6 is 0 Å². The van der Waals surface area contributed by atoms with Crippen LogP contribution < -0.4 is 9.47 Å². The highest BCUT2D eigenvalue weighted by Crippen LogP contribution is 2.37. The number of benzene rings is 2. The highest BCUT2D eigenvalue weighted by molar-refractivity contribution is 5.44. The molecule has 1 aliphatic carbocycles. The third-order valence-electron chi connectivity index (χ3n) is 7.34. The van der Waals surface area contributed by atoms with Crippen molar-refractivity contribution in [1.82, 2.24) is 30.0 Å². The number of nitrogens with zero attached hydrogens (tertiary/aromatic N) is 6. The van der Waals surface area contributed by atoms with Gasteiger partial charge in [-0.1, -0.05) is 25.0 Å². The molecular weight excluding hydrogens is 447 g/mol. The van der Waals surface area contributed by atoms with E-state index in [0.717, 1.165) is 60.7 Å². The Morgan fingerprint density at radius 2 is 1.71 bits per heavy atom. The van der Waals surface area contributed by atoms with E-state index < -0.39 is 0 Å². The minimum absolute atomic E-state index is 0.183. The lowest BCUT2D eigenvalue weighted by atomic mass is 10.0. The second kappa shape index (κ2) is 10.7. The van der Waals surface area contributed by atoms with Crippen LogP contribution in [0.4, 0.5) is 4.39 Å². The normalized spacial score (nSPS) is 18.6. The van der Waals surface area contributed by atoms with Gasteiger partial charge in [-0.05, 0) is 53.1 Å². The number of halogens is 1. The van der Waals surface area contributed by atoms with Crippen molar-refractivity contribution < 1.29 is 13.9 Å². The summed E-state index contributed by atoms with van der Waals surface area (Å²) >= 11 is 0. The van der Waals surface area contributed by atoms with Gasteiger partial charge in [-0.2, -0.15) is 0 Å². The summed E-state index contributed by atoms with van der Waals surface area (Å²) in [5, 5.41) is 12.8. The Kier molecular flexibility index (Phi) is 7.24. The molecule has 0 unspecified atom stereocenters. The number of hydrogen-bond acceptors (Lipinski definition) is 7. The van der Waals surface area contributed by atoms with E-state index in [4.69, 9.17) is 9.47 Å². The van der Waals surface area contributed by atoms with Crippen LogP contribution in [0.1, 0.15) is 48.7 Å². The molecule has 0 spiro atoms. The van der Waals surface area contributed by atoms with Gasteiger partial charge in [0.25, 0.3) is 0 Å². The molecule has 35 heavy (non-hydrogen) atoms. The summed E-state index contributed by atoms with van der Waals surface area (Å²) in [5.41, 5.74) is 1.93. The second-order valence-electron chi connectivity index (χ2n) is 9.34. The van der Waals surface area contributed by atoms with E-state index >= 15 is 0 Å². The van der Waals surface area contributed by atoms with Crippen molar-refractivity contribution in [2.24, 2.45) is 0 Å².